The van der Waals surface area contributed by atoms with Gasteiger partial charge in [0.2, 0.25) is 0 Å². The van der Waals surface area contributed by atoms with E-state index in [1.807, 2.05) is 30.3 Å². The molecule has 0 atom stereocenters. The lowest BCUT2D eigenvalue weighted by atomic mass is 10.1. The Hall–Kier alpha value is -1.94. The van der Waals surface area contributed by atoms with Gasteiger partial charge in [-0.05, 0) is 25.5 Å². The topological polar surface area (TPSA) is 55.4 Å². The summed E-state index contributed by atoms with van der Waals surface area (Å²) in [7, 11) is 1.77. The third-order valence-electron chi connectivity index (χ3n) is 3.16. The lowest BCUT2D eigenvalue weighted by Crippen LogP contribution is -2.19. The summed E-state index contributed by atoms with van der Waals surface area (Å²) in [6.45, 7) is 0.669. The van der Waals surface area contributed by atoms with Gasteiger partial charge >= 0.3 is 5.97 Å². The van der Waals surface area contributed by atoms with E-state index in [-0.39, 0.29) is 23.9 Å². The molecule has 0 bridgehead atoms. The Balaban J connectivity index is 1.97. The highest BCUT2D eigenvalue weighted by Crippen LogP contribution is 2.32. The largest absolute Gasteiger partial charge is 0.457 e. The molecule has 1 N–H and O–H groups in total. The van der Waals surface area contributed by atoms with Gasteiger partial charge in [0.15, 0.2) is 5.78 Å². The first-order valence-electron chi connectivity index (χ1n) is 6.82. The zero-order valence-corrected chi connectivity index (χ0v) is 11.6. The molecule has 4 heteroatoms. The number of carbonyl (C=O) groups excluding carboxylic acids is 2. The summed E-state index contributed by atoms with van der Waals surface area (Å²) in [6.07, 6.45) is 3.37. The van der Waals surface area contributed by atoms with E-state index in [2.05, 4.69) is 5.32 Å². The number of ether oxygens (including phenoxy) is 1. The maximum atomic E-state index is 12.1. The second-order valence-electron chi connectivity index (χ2n) is 4.88. The molecule has 1 aliphatic carbocycles. The normalized spacial score (nSPS) is 14.9. The van der Waals surface area contributed by atoms with Crippen LogP contribution in [-0.2, 0) is 20.9 Å². The van der Waals surface area contributed by atoms with Crippen LogP contribution in [0.3, 0.4) is 0 Å². The average molecular weight is 273 g/mol. The highest BCUT2D eigenvalue weighted by atomic mass is 16.5. The minimum atomic E-state index is -0.527. The Morgan fingerprint density at radius 1 is 1.30 bits per heavy atom. The number of hydrogen-bond acceptors (Lipinski definition) is 4. The molecule has 0 spiro atoms. The fourth-order valence-electron chi connectivity index (χ4n) is 1.85. The van der Waals surface area contributed by atoms with E-state index in [9.17, 15) is 9.59 Å². The van der Waals surface area contributed by atoms with Crippen LogP contribution in [-0.4, -0.2) is 25.3 Å². The molecule has 4 nitrogen and oxygen atoms in total. The van der Waals surface area contributed by atoms with Crippen LogP contribution in [0, 0.1) is 5.92 Å². The number of benzene rings is 1. The Kier molecular flexibility index (Phi) is 5.07. The second kappa shape index (κ2) is 7.01. The Morgan fingerprint density at radius 3 is 2.60 bits per heavy atom. The number of Topliss-reactive ketones (excluding diaryl/α,β-unsaturated/α-hetero) is 1. The first kappa shape index (κ1) is 14.5. The Morgan fingerprint density at radius 2 is 2.00 bits per heavy atom. The molecule has 0 unspecified atom stereocenters. The highest BCUT2D eigenvalue weighted by molar-refractivity contribution is 6.18. The highest BCUT2D eigenvalue weighted by Gasteiger charge is 2.34. The van der Waals surface area contributed by atoms with Gasteiger partial charge in [0, 0.05) is 12.5 Å². The molecule has 106 valence electrons. The molecule has 0 aromatic heterocycles. The molecular formula is C16H19NO3. The molecule has 1 aromatic carbocycles. The van der Waals surface area contributed by atoms with E-state index in [0.717, 1.165) is 18.4 Å². The average Bonchev–Trinajstić information content (AvgIpc) is 3.31. The first-order valence-corrected chi connectivity index (χ1v) is 6.82. The van der Waals surface area contributed by atoms with Gasteiger partial charge in [-0.1, -0.05) is 36.4 Å². The third kappa shape index (κ3) is 4.03. The molecule has 1 aromatic rings. The van der Waals surface area contributed by atoms with Crippen molar-refractivity contribution < 1.29 is 14.3 Å². The fourth-order valence-corrected chi connectivity index (χ4v) is 1.85. The van der Waals surface area contributed by atoms with Gasteiger partial charge in [-0.2, -0.15) is 0 Å². The molecule has 1 saturated carbocycles. The first-order chi connectivity index (χ1) is 9.72. The van der Waals surface area contributed by atoms with E-state index < -0.39 is 5.97 Å². The fraction of sp³-hybridized carbons (Fsp3) is 0.375. The molecule has 0 saturated heterocycles. The zero-order chi connectivity index (χ0) is 14.4. The van der Waals surface area contributed by atoms with Crippen molar-refractivity contribution in [1.29, 1.82) is 0 Å². The molecule has 1 aliphatic rings. The zero-order valence-electron chi connectivity index (χ0n) is 11.6. The van der Waals surface area contributed by atoms with Crippen molar-refractivity contribution in [2.45, 2.75) is 19.4 Å². The molecule has 1 fully saturated rings. The minimum absolute atomic E-state index is 0.0161. The van der Waals surface area contributed by atoms with Gasteiger partial charge in [0.1, 0.15) is 12.2 Å². The quantitative estimate of drug-likeness (QED) is 0.356. The summed E-state index contributed by atoms with van der Waals surface area (Å²) in [5.74, 6) is -0.596. The van der Waals surface area contributed by atoms with Crippen LogP contribution in [0.5, 0.6) is 0 Å². The van der Waals surface area contributed by atoms with Crippen LogP contribution in [0.2, 0.25) is 0 Å². The number of esters is 1. The standard InChI is InChI=1S/C16H19NO3/c1-17-10-9-14(15(18)13-7-8-13)16(19)20-11-12-5-3-2-4-6-12/h2-6,9,13,17H,7-8,10-11H2,1H3/b14-9-. The summed E-state index contributed by atoms with van der Waals surface area (Å²) < 4.78 is 5.23. The Bertz CT molecular complexity index is 504. The van der Waals surface area contributed by atoms with Crippen LogP contribution in [0.25, 0.3) is 0 Å². The molecule has 0 radical (unpaired) electrons. The van der Waals surface area contributed by atoms with E-state index in [1.165, 1.54) is 0 Å². The van der Waals surface area contributed by atoms with Gasteiger partial charge in [0.25, 0.3) is 0 Å². The molecule has 0 amide bonds. The van der Waals surface area contributed by atoms with Gasteiger partial charge in [0.05, 0.1) is 0 Å². The van der Waals surface area contributed by atoms with Gasteiger partial charge < -0.3 is 10.1 Å². The van der Waals surface area contributed by atoms with Gasteiger partial charge in [-0.25, -0.2) is 4.79 Å². The van der Waals surface area contributed by atoms with Crippen molar-refractivity contribution in [2.75, 3.05) is 13.6 Å². The van der Waals surface area contributed by atoms with Crippen LogP contribution < -0.4 is 5.32 Å². The SMILES string of the molecule is CNC/C=C(\C(=O)OCc1ccccc1)C(=O)C1CC1. The lowest BCUT2D eigenvalue weighted by molar-refractivity contribution is -0.141. The van der Waals surface area contributed by atoms with Crippen molar-refractivity contribution in [2.24, 2.45) is 5.92 Å². The summed E-state index contributed by atoms with van der Waals surface area (Å²) in [5, 5.41) is 2.90. The number of carbonyl (C=O) groups is 2. The van der Waals surface area contributed by atoms with Gasteiger partial charge in [-0.3, -0.25) is 4.79 Å². The smallest absolute Gasteiger partial charge is 0.341 e. The predicted octanol–water partition coefficient (Wildman–Crippen LogP) is 1.85. The summed E-state index contributed by atoms with van der Waals surface area (Å²) in [5.41, 5.74) is 1.09. The summed E-state index contributed by atoms with van der Waals surface area (Å²) >= 11 is 0. The maximum Gasteiger partial charge on any atom is 0.341 e. The number of nitrogens with one attached hydrogen (secondary N) is 1. The number of ketones is 1. The molecular weight excluding hydrogens is 254 g/mol. The van der Waals surface area contributed by atoms with Crippen LogP contribution in [0.1, 0.15) is 18.4 Å². The van der Waals surface area contributed by atoms with E-state index in [1.54, 1.807) is 13.1 Å². The van der Waals surface area contributed by atoms with Crippen LogP contribution in [0.4, 0.5) is 0 Å². The number of rotatable bonds is 7. The van der Waals surface area contributed by atoms with Gasteiger partial charge in [-0.15, -0.1) is 0 Å². The number of likely N-dealkylation sites (N-methyl/N-ethyl adjacent to an activating group) is 1. The van der Waals surface area contributed by atoms with Crippen molar-refractivity contribution in [3.05, 3.63) is 47.5 Å². The monoisotopic (exact) mass is 273 g/mol. The molecule has 20 heavy (non-hydrogen) atoms. The third-order valence-corrected chi connectivity index (χ3v) is 3.16. The van der Waals surface area contributed by atoms with Crippen molar-refractivity contribution in [3.63, 3.8) is 0 Å². The minimum Gasteiger partial charge on any atom is -0.457 e. The maximum absolute atomic E-state index is 12.1. The Labute approximate surface area is 118 Å². The van der Waals surface area contributed by atoms with Crippen LogP contribution in [0.15, 0.2) is 42.0 Å². The summed E-state index contributed by atoms with van der Waals surface area (Å²) in [4.78, 5) is 24.1. The summed E-state index contributed by atoms with van der Waals surface area (Å²) in [6, 6.07) is 9.44. The van der Waals surface area contributed by atoms with Crippen molar-refractivity contribution >= 4 is 11.8 Å². The van der Waals surface area contributed by atoms with Crippen LogP contribution >= 0.6 is 0 Å². The van der Waals surface area contributed by atoms with E-state index >= 15 is 0 Å². The lowest BCUT2D eigenvalue weighted by Gasteiger charge is -2.07. The van der Waals surface area contributed by atoms with E-state index in [0.29, 0.717) is 6.54 Å². The molecule has 0 aliphatic heterocycles. The predicted molar refractivity (Wildman–Crippen MR) is 76.0 cm³/mol. The second-order valence-corrected chi connectivity index (χ2v) is 4.88. The van der Waals surface area contributed by atoms with Crippen molar-refractivity contribution in [3.8, 4) is 0 Å². The van der Waals surface area contributed by atoms with E-state index in [4.69, 9.17) is 4.74 Å². The van der Waals surface area contributed by atoms with Crippen molar-refractivity contribution in [1.82, 2.24) is 5.32 Å². The molecule has 0 heterocycles. The number of hydrogen-bond donors (Lipinski definition) is 1. The molecule has 2 rings (SSSR count).